The summed E-state index contributed by atoms with van der Waals surface area (Å²) in [7, 11) is 0. The van der Waals surface area contributed by atoms with Crippen LogP contribution in [0.1, 0.15) is 126 Å². The Morgan fingerprint density at radius 1 is 0.344 bits per heavy atom. The summed E-state index contributed by atoms with van der Waals surface area (Å²) < 4.78 is 126. The SMILES string of the molecule is C[C@H](CCc1ccc(Cl)c(Cl)c1)[NH2+]Cc1ccc(C(F)(F)F)cc1.C[C@H](CCc1ccc(Cl)cc1)[NH2+]Cc1ccc(C(F)(F)F)cc1.Cc1cc(CC[C@@H](C)[NH2+]Cc2ccc(C(F)(F)F)cc2)ccc1O.Cc1ccc(C[NH2+][C@H](C)CCc2ccc(F)c(Cl)c2)cc1.Cl.Cl.Cl.Cl. The van der Waals surface area contributed by atoms with Crippen molar-refractivity contribution in [3.05, 3.63) is 274 Å². The number of phenolic OH excluding ortho intramolecular Hbond substituents is 1. The van der Waals surface area contributed by atoms with E-state index in [1.54, 1.807) is 30.3 Å². The quantitative estimate of drug-likeness (QED) is 0.0384. The van der Waals surface area contributed by atoms with E-state index in [2.05, 4.69) is 80.2 Å². The minimum absolute atomic E-state index is 0. The van der Waals surface area contributed by atoms with Crippen molar-refractivity contribution in [1.29, 1.82) is 0 Å². The molecule has 5 nitrogen and oxygen atoms in total. The molecule has 0 saturated heterocycles. The molecule has 0 amide bonds. The van der Waals surface area contributed by atoms with E-state index < -0.39 is 35.2 Å². The zero-order valence-corrected chi connectivity index (χ0v) is 60.5. The van der Waals surface area contributed by atoms with Gasteiger partial charge in [0.2, 0.25) is 0 Å². The minimum atomic E-state index is -4.28. The van der Waals surface area contributed by atoms with Gasteiger partial charge in [-0.2, -0.15) is 39.5 Å². The zero-order valence-electron chi connectivity index (χ0n) is 54.2. The van der Waals surface area contributed by atoms with Crippen LogP contribution in [0.2, 0.25) is 20.1 Å². The molecule has 0 saturated carbocycles. The van der Waals surface area contributed by atoms with Crippen LogP contribution in [-0.2, 0) is 70.4 Å². The van der Waals surface area contributed by atoms with Crippen molar-refractivity contribution in [2.45, 2.75) is 162 Å². The van der Waals surface area contributed by atoms with E-state index in [-0.39, 0.29) is 60.5 Å². The Morgan fingerprint density at radius 3 is 0.948 bits per heavy atom. The van der Waals surface area contributed by atoms with E-state index in [1.165, 1.54) is 52.6 Å². The highest BCUT2D eigenvalue weighted by molar-refractivity contribution is 6.42. The topological polar surface area (TPSA) is 86.7 Å². The molecule has 9 N–H and O–H groups in total. The van der Waals surface area contributed by atoms with Gasteiger partial charge in [0.1, 0.15) is 37.7 Å². The third-order valence-electron chi connectivity index (χ3n) is 15.7. The number of rotatable bonds is 24. The van der Waals surface area contributed by atoms with E-state index in [4.69, 9.17) is 46.4 Å². The van der Waals surface area contributed by atoms with E-state index in [0.717, 1.165) is 133 Å². The van der Waals surface area contributed by atoms with Crippen LogP contribution in [0, 0.1) is 19.7 Å². The lowest BCUT2D eigenvalue weighted by Crippen LogP contribution is -2.87. The monoisotopic (exact) mass is 1510 g/mol. The largest absolute Gasteiger partial charge is 0.508 e. The molecule has 0 heterocycles. The first kappa shape index (κ1) is 89.0. The van der Waals surface area contributed by atoms with Crippen molar-refractivity contribution < 1.29 is 70.3 Å². The zero-order chi connectivity index (χ0) is 67.6. The van der Waals surface area contributed by atoms with Crippen LogP contribution < -0.4 is 21.3 Å². The maximum atomic E-state index is 13.1. The van der Waals surface area contributed by atoms with Gasteiger partial charge < -0.3 is 26.4 Å². The highest BCUT2D eigenvalue weighted by atomic mass is 35.5. The number of quaternary nitrogens is 4. The number of aromatic hydroxyl groups is 1. The second kappa shape index (κ2) is 44.2. The number of alkyl halides is 9. The Kier molecular flexibility index (Phi) is 41.0. The lowest BCUT2D eigenvalue weighted by Gasteiger charge is -2.12. The molecule has 0 aliphatic heterocycles. The number of phenols is 1. The summed E-state index contributed by atoms with van der Waals surface area (Å²) in [6.07, 6.45) is -5.21. The van der Waals surface area contributed by atoms with Crippen molar-refractivity contribution in [1.82, 2.24) is 0 Å². The first-order valence-corrected chi connectivity index (χ1v) is 32.2. The summed E-state index contributed by atoms with van der Waals surface area (Å²) in [5.41, 5.74) is 8.99. The number of nitrogens with two attached hydrogens (primary N) is 4. The predicted molar refractivity (Wildman–Crippen MR) is 380 cm³/mol. The fraction of sp³-hybridized carbons (Fsp3) is 0.342. The normalized spacial score (nSPS) is 12.4. The summed E-state index contributed by atoms with van der Waals surface area (Å²) in [5.74, 6) is -0.0416. The number of benzene rings is 8. The lowest BCUT2D eigenvalue weighted by atomic mass is 10.0. The Balaban J connectivity index is 0.000000632. The van der Waals surface area contributed by atoms with Gasteiger partial charge in [0.05, 0.1) is 55.9 Å². The van der Waals surface area contributed by atoms with E-state index in [0.29, 0.717) is 59.6 Å². The van der Waals surface area contributed by atoms with Gasteiger partial charge in [-0.25, -0.2) is 4.39 Å². The fourth-order valence-electron chi connectivity index (χ4n) is 9.53. The molecule has 528 valence electrons. The van der Waals surface area contributed by atoms with Crippen LogP contribution in [0.3, 0.4) is 0 Å². The number of hydrogen-bond acceptors (Lipinski definition) is 1. The van der Waals surface area contributed by atoms with Gasteiger partial charge >= 0.3 is 18.5 Å². The molecule has 0 bridgehead atoms. The Bertz CT molecular complexity index is 3340. The van der Waals surface area contributed by atoms with Gasteiger partial charge in [-0.15, -0.1) is 49.6 Å². The molecule has 8 aromatic carbocycles. The first-order chi connectivity index (χ1) is 43.4. The van der Waals surface area contributed by atoms with Crippen LogP contribution in [-0.4, -0.2) is 29.3 Å². The first-order valence-electron chi connectivity index (χ1n) is 30.7. The summed E-state index contributed by atoms with van der Waals surface area (Å²) in [4.78, 5) is 0. The average molecular weight is 1510 g/mol. The lowest BCUT2D eigenvalue weighted by molar-refractivity contribution is -0.702. The summed E-state index contributed by atoms with van der Waals surface area (Å²) in [6, 6.07) is 50.3. The van der Waals surface area contributed by atoms with Crippen molar-refractivity contribution in [2.24, 2.45) is 0 Å². The molecule has 23 heteroatoms. The molecule has 0 aliphatic carbocycles. The second-order valence-electron chi connectivity index (χ2n) is 23.6. The maximum Gasteiger partial charge on any atom is 0.416 e. The van der Waals surface area contributed by atoms with Crippen molar-refractivity contribution in [3.8, 4) is 5.75 Å². The minimum Gasteiger partial charge on any atom is -0.508 e. The molecule has 0 aromatic heterocycles. The molecular weight excluding hydrogens is 1420 g/mol. The molecule has 96 heavy (non-hydrogen) atoms. The molecular formula is C73H88Cl8F10N4O+4. The van der Waals surface area contributed by atoms with Gasteiger partial charge in [-0.3, -0.25) is 0 Å². The summed E-state index contributed by atoms with van der Waals surface area (Å²) >= 11 is 23.5. The van der Waals surface area contributed by atoms with Crippen molar-refractivity contribution >= 4 is 96.0 Å². The Morgan fingerprint density at radius 2 is 0.625 bits per heavy atom. The standard InChI is InChI=1S/C19H22F3NO.C18H18Cl2F3N.C18H19ClF3N.C18H21ClFN.4ClH/c1-13-11-15(7-10-18(13)24)4-3-14(2)23-12-16-5-8-17(9-6-16)19(20,21)22;1-12(2-3-13-6-9-16(19)17(20)10-13)24-11-14-4-7-15(8-5-14)18(21,22)23;1-13(2-3-14-6-10-17(19)11-7-14)23-12-15-4-8-16(9-5-15)18(20,21)22;1-13-3-6-16(7-4-13)12-21-14(2)5-8-15-9-10-18(20)17(19)11-15;;;;/h5-11,14,23-24H,3-4,12H2,1-2H3;4-10,12,24H,2-3,11H2,1H3;4-11,13,23H,2-3,12H2,1H3;3-4,6-7,9-11,14,21H,5,8,12H2,1-2H3;4*1H/p+4/t14-;12-;13-;14-;;;;/m1111..../s1. The van der Waals surface area contributed by atoms with Crippen LogP contribution in [0.5, 0.6) is 5.75 Å². The van der Waals surface area contributed by atoms with Gasteiger partial charge in [0.15, 0.2) is 0 Å². The third-order valence-corrected chi connectivity index (χ3v) is 17.0. The maximum absolute atomic E-state index is 13.1. The summed E-state index contributed by atoms with van der Waals surface area (Å²) in [5, 5.41) is 20.3. The van der Waals surface area contributed by atoms with Crippen LogP contribution in [0.15, 0.2) is 176 Å². The number of halogens is 18. The molecule has 8 aromatic rings. The van der Waals surface area contributed by atoms with Crippen LogP contribution in [0.4, 0.5) is 43.9 Å². The van der Waals surface area contributed by atoms with E-state index in [1.807, 2.05) is 61.5 Å². The van der Waals surface area contributed by atoms with Gasteiger partial charge in [-0.05, 0) is 174 Å². The Hall–Kier alpha value is -4.98. The molecule has 0 radical (unpaired) electrons. The smallest absolute Gasteiger partial charge is 0.416 e. The van der Waals surface area contributed by atoms with Crippen molar-refractivity contribution in [3.63, 3.8) is 0 Å². The molecule has 4 atom stereocenters. The number of aryl methyl sites for hydroxylation is 6. The molecule has 8 rings (SSSR count). The van der Waals surface area contributed by atoms with E-state index in [9.17, 15) is 49.0 Å². The summed E-state index contributed by atoms with van der Waals surface area (Å²) in [6.45, 7) is 15.5. The second-order valence-corrected chi connectivity index (χ2v) is 25.3. The number of hydrogen-bond donors (Lipinski definition) is 5. The van der Waals surface area contributed by atoms with Gasteiger partial charge in [0, 0.05) is 53.0 Å². The van der Waals surface area contributed by atoms with E-state index >= 15 is 0 Å². The van der Waals surface area contributed by atoms with Gasteiger partial charge in [-0.1, -0.05) is 149 Å². The Labute approximate surface area is 603 Å². The third kappa shape index (κ3) is 34.2. The molecule has 0 aliphatic rings. The van der Waals surface area contributed by atoms with Gasteiger partial charge in [0.25, 0.3) is 0 Å². The predicted octanol–water partition coefficient (Wildman–Crippen LogP) is 18.9. The highest BCUT2D eigenvalue weighted by Crippen LogP contribution is 2.32. The fourth-order valence-corrected chi connectivity index (χ4v) is 10.2. The molecule has 0 fully saturated rings. The van der Waals surface area contributed by atoms with Crippen LogP contribution in [0.25, 0.3) is 0 Å². The molecule has 0 unspecified atom stereocenters. The van der Waals surface area contributed by atoms with Crippen LogP contribution >= 0.6 is 96.0 Å². The average Bonchev–Trinajstić information content (AvgIpc) is 1.03. The highest BCUT2D eigenvalue weighted by Gasteiger charge is 2.32. The molecule has 0 spiro atoms. The van der Waals surface area contributed by atoms with Crippen molar-refractivity contribution in [2.75, 3.05) is 0 Å².